The second kappa shape index (κ2) is 4.96. The van der Waals surface area contributed by atoms with Crippen molar-refractivity contribution >= 4 is 17.9 Å². The van der Waals surface area contributed by atoms with Gasteiger partial charge in [0.15, 0.2) is 0 Å². The molecule has 74 valence electrons. The second-order valence-electron chi connectivity index (χ2n) is 2.47. The number of nitrogens with zero attached hydrogens (tertiary/aromatic N) is 2. The van der Waals surface area contributed by atoms with Gasteiger partial charge in [-0.3, -0.25) is 0 Å². The monoisotopic (exact) mass is 193 g/mol. The average molecular weight is 193 g/mol. The van der Waals surface area contributed by atoms with E-state index >= 15 is 0 Å². The zero-order chi connectivity index (χ0) is 10.4. The lowest BCUT2D eigenvalue weighted by Crippen LogP contribution is -1.99. The van der Waals surface area contributed by atoms with Crippen LogP contribution in [0, 0.1) is 0 Å². The van der Waals surface area contributed by atoms with E-state index in [-0.39, 0.29) is 0 Å². The van der Waals surface area contributed by atoms with Gasteiger partial charge in [-0.05, 0) is 25.1 Å². The van der Waals surface area contributed by atoms with Crippen LogP contribution in [0.25, 0.3) is 6.08 Å². The van der Waals surface area contributed by atoms with Gasteiger partial charge in [0.25, 0.3) is 0 Å². The van der Waals surface area contributed by atoms with Crippen LogP contribution in [-0.2, 0) is 9.53 Å². The van der Waals surface area contributed by atoms with Crippen molar-refractivity contribution in [3.05, 3.63) is 23.9 Å². The van der Waals surface area contributed by atoms with Crippen LogP contribution in [-0.4, -0.2) is 22.8 Å². The van der Waals surface area contributed by atoms with Gasteiger partial charge in [0, 0.05) is 6.08 Å². The predicted octanol–water partition coefficient (Wildman–Crippen LogP) is 0.635. The third-order valence-corrected chi connectivity index (χ3v) is 1.38. The van der Waals surface area contributed by atoms with E-state index in [4.69, 9.17) is 5.73 Å². The average Bonchev–Trinajstić information content (AvgIpc) is 2.17. The molecule has 1 heterocycles. The Morgan fingerprint density at radius 1 is 1.57 bits per heavy atom. The molecular formula is C9H11N3O2. The number of aromatic nitrogens is 2. The molecule has 0 bridgehead atoms. The largest absolute Gasteiger partial charge is 0.463 e. The van der Waals surface area contributed by atoms with Crippen molar-refractivity contribution in [2.75, 3.05) is 12.3 Å². The quantitative estimate of drug-likeness (QED) is 0.562. The van der Waals surface area contributed by atoms with E-state index in [1.54, 1.807) is 19.1 Å². The summed E-state index contributed by atoms with van der Waals surface area (Å²) in [7, 11) is 0. The molecule has 0 radical (unpaired) electrons. The lowest BCUT2D eigenvalue weighted by atomic mass is 10.3. The fourth-order valence-corrected chi connectivity index (χ4v) is 0.786. The summed E-state index contributed by atoms with van der Waals surface area (Å²) >= 11 is 0. The van der Waals surface area contributed by atoms with Crippen LogP contribution < -0.4 is 5.73 Å². The van der Waals surface area contributed by atoms with E-state index in [2.05, 4.69) is 14.9 Å². The van der Waals surface area contributed by atoms with Crippen LogP contribution >= 0.6 is 0 Å². The van der Waals surface area contributed by atoms with Crippen molar-refractivity contribution < 1.29 is 9.53 Å². The summed E-state index contributed by atoms with van der Waals surface area (Å²) in [6.45, 7) is 2.10. The molecule has 0 aliphatic rings. The highest BCUT2D eigenvalue weighted by molar-refractivity contribution is 5.86. The van der Waals surface area contributed by atoms with E-state index in [0.717, 1.165) is 0 Å². The minimum atomic E-state index is -0.397. The Labute approximate surface area is 81.6 Å². The number of anilines is 1. The normalized spacial score (nSPS) is 10.4. The summed E-state index contributed by atoms with van der Waals surface area (Å²) in [4.78, 5) is 10.9. The van der Waals surface area contributed by atoms with Crippen LogP contribution in [0.5, 0.6) is 0 Å². The van der Waals surface area contributed by atoms with Crippen molar-refractivity contribution in [1.29, 1.82) is 0 Å². The third kappa shape index (κ3) is 3.22. The highest BCUT2D eigenvalue weighted by atomic mass is 16.5. The Morgan fingerprint density at radius 2 is 2.36 bits per heavy atom. The second-order valence-corrected chi connectivity index (χ2v) is 2.47. The molecule has 0 spiro atoms. The molecule has 0 atom stereocenters. The first-order valence-corrected chi connectivity index (χ1v) is 4.16. The maximum atomic E-state index is 10.9. The molecule has 1 rings (SSSR count). The summed E-state index contributed by atoms with van der Waals surface area (Å²) in [6, 6.07) is 3.27. The van der Waals surface area contributed by atoms with Gasteiger partial charge in [-0.25, -0.2) is 4.79 Å². The van der Waals surface area contributed by atoms with Crippen molar-refractivity contribution in [3.63, 3.8) is 0 Å². The van der Waals surface area contributed by atoms with Gasteiger partial charge in [0.1, 0.15) is 5.82 Å². The van der Waals surface area contributed by atoms with Gasteiger partial charge in [-0.15, -0.1) is 10.2 Å². The summed E-state index contributed by atoms with van der Waals surface area (Å²) in [5.74, 6) is -0.0515. The van der Waals surface area contributed by atoms with Crippen LogP contribution in [0.15, 0.2) is 18.2 Å². The molecule has 0 amide bonds. The maximum absolute atomic E-state index is 10.9. The number of nitrogen functional groups attached to an aromatic ring is 1. The first-order valence-electron chi connectivity index (χ1n) is 4.16. The lowest BCUT2D eigenvalue weighted by Gasteiger charge is -1.94. The van der Waals surface area contributed by atoms with Crippen LogP contribution in [0.2, 0.25) is 0 Å². The number of esters is 1. The topological polar surface area (TPSA) is 78.1 Å². The molecule has 5 nitrogen and oxygen atoms in total. The predicted molar refractivity (Wildman–Crippen MR) is 52.1 cm³/mol. The van der Waals surface area contributed by atoms with E-state index in [0.29, 0.717) is 18.1 Å². The van der Waals surface area contributed by atoms with Crippen LogP contribution in [0.1, 0.15) is 12.6 Å². The molecular weight excluding hydrogens is 182 g/mol. The SMILES string of the molecule is CCOC(=O)C=Cc1ccc(N)nn1. The maximum Gasteiger partial charge on any atom is 0.330 e. The molecule has 14 heavy (non-hydrogen) atoms. The highest BCUT2D eigenvalue weighted by Gasteiger charge is 1.94. The Hall–Kier alpha value is -1.91. The number of hydrogen-bond acceptors (Lipinski definition) is 5. The zero-order valence-corrected chi connectivity index (χ0v) is 7.80. The summed E-state index contributed by atoms with van der Waals surface area (Å²) in [5.41, 5.74) is 5.90. The van der Waals surface area contributed by atoms with Gasteiger partial charge >= 0.3 is 5.97 Å². The van der Waals surface area contributed by atoms with Gasteiger partial charge in [-0.2, -0.15) is 0 Å². The van der Waals surface area contributed by atoms with Gasteiger partial charge in [0.05, 0.1) is 12.3 Å². The molecule has 0 saturated carbocycles. The summed E-state index contributed by atoms with van der Waals surface area (Å²) < 4.78 is 4.69. The Morgan fingerprint density at radius 3 is 2.93 bits per heavy atom. The number of carbonyl (C=O) groups is 1. The summed E-state index contributed by atoms with van der Waals surface area (Å²) in [5, 5.41) is 7.37. The van der Waals surface area contributed by atoms with E-state index in [1.807, 2.05) is 0 Å². The molecule has 0 aliphatic heterocycles. The number of ether oxygens (including phenoxy) is 1. The molecule has 0 fully saturated rings. The minimum Gasteiger partial charge on any atom is -0.463 e. The van der Waals surface area contributed by atoms with E-state index < -0.39 is 5.97 Å². The smallest absolute Gasteiger partial charge is 0.330 e. The zero-order valence-electron chi connectivity index (χ0n) is 7.80. The first-order chi connectivity index (χ1) is 6.72. The Bertz CT molecular complexity index is 332. The summed E-state index contributed by atoms with van der Waals surface area (Å²) in [6.07, 6.45) is 2.81. The lowest BCUT2D eigenvalue weighted by molar-refractivity contribution is -0.137. The van der Waals surface area contributed by atoms with Crippen molar-refractivity contribution in [2.24, 2.45) is 0 Å². The fraction of sp³-hybridized carbons (Fsp3) is 0.222. The Balaban J connectivity index is 2.60. The van der Waals surface area contributed by atoms with Crippen molar-refractivity contribution in [3.8, 4) is 0 Å². The van der Waals surface area contributed by atoms with E-state index in [9.17, 15) is 4.79 Å². The van der Waals surface area contributed by atoms with Crippen LogP contribution in [0.3, 0.4) is 0 Å². The molecule has 0 aliphatic carbocycles. The number of rotatable bonds is 3. The number of nitrogens with two attached hydrogens (primary N) is 1. The van der Waals surface area contributed by atoms with Crippen LogP contribution in [0.4, 0.5) is 5.82 Å². The van der Waals surface area contributed by atoms with Crippen molar-refractivity contribution in [2.45, 2.75) is 6.92 Å². The fourth-order valence-electron chi connectivity index (χ4n) is 0.786. The minimum absolute atomic E-state index is 0.346. The number of carbonyl (C=O) groups excluding carboxylic acids is 1. The Kier molecular flexibility index (Phi) is 3.60. The molecule has 0 aromatic carbocycles. The van der Waals surface area contributed by atoms with Gasteiger partial charge in [-0.1, -0.05) is 0 Å². The van der Waals surface area contributed by atoms with Gasteiger partial charge < -0.3 is 10.5 Å². The molecule has 1 aromatic rings. The number of hydrogen-bond donors (Lipinski definition) is 1. The molecule has 5 heteroatoms. The van der Waals surface area contributed by atoms with Gasteiger partial charge in [0.2, 0.25) is 0 Å². The highest BCUT2D eigenvalue weighted by Crippen LogP contribution is 1.99. The first kappa shape index (κ1) is 10.2. The molecule has 0 unspecified atom stereocenters. The standard InChI is InChI=1S/C9H11N3O2/c1-2-14-9(13)6-4-7-3-5-8(10)12-11-7/h3-6H,2H2,1H3,(H2,10,12). The third-order valence-electron chi connectivity index (χ3n) is 1.38. The molecule has 1 aromatic heterocycles. The van der Waals surface area contributed by atoms with E-state index in [1.165, 1.54) is 12.2 Å². The molecule has 2 N–H and O–H groups in total. The van der Waals surface area contributed by atoms with Crippen molar-refractivity contribution in [1.82, 2.24) is 10.2 Å². The molecule has 0 saturated heterocycles.